The van der Waals surface area contributed by atoms with Crippen molar-refractivity contribution in [1.29, 1.82) is 5.26 Å². The van der Waals surface area contributed by atoms with Crippen LogP contribution in [0, 0.1) is 29.5 Å². The lowest BCUT2D eigenvalue weighted by Gasteiger charge is -2.40. The third-order valence-electron chi connectivity index (χ3n) is 8.59. The average Bonchev–Trinajstić information content (AvgIpc) is 3.66. The van der Waals surface area contributed by atoms with E-state index >= 15 is 0 Å². The average molecular weight is 529 g/mol. The molecule has 196 valence electrons. The van der Waals surface area contributed by atoms with Crippen molar-refractivity contribution in [3.05, 3.63) is 58.5 Å². The number of anilines is 3. The van der Waals surface area contributed by atoms with Crippen molar-refractivity contribution < 1.29 is 4.39 Å². The zero-order valence-corrected chi connectivity index (χ0v) is 23.1. The topological polar surface area (TPSA) is 60.5 Å². The van der Waals surface area contributed by atoms with Crippen LogP contribution in [-0.4, -0.2) is 34.7 Å². The van der Waals surface area contributed by atoms with Crippen LogP contribution in [0.15, 0.2) is 36.4 Å². The third-order valence-corrected chi connectivity index (χ3v) is 9.62. The van der Waals surface area contributed by atoms with E-state index in [1.807, 2.05) is 11.6 Å². The van der Waals surface area contributed by atoms with Gasteiger partial charge in [0.05, 0.1) is 16.9 Å². The Morgan fingerprint density at radius 2 is 1.82 bits per heavy atom. The third kappa shape index (κ3) is 4.23. The van der Waals surface area contributed by atoms with Crippen LogP contribution in [0.2, 0.25) is 0 Å². The van der Waals surface area contributed by atoms with Crippen molar-refractivity contribution in [2.75, 3.05) is 29.9 Å². The summed E-state index contributed by atoms with van der Waals surface area (Å²) in [6, 6.07) is 13.0. The van der Waals surface area contributed by atoms with Gasteiger partial charge in [-0.15, -0.1) is 0 Å². The van der Waals surface area contributed by atoms with E-state index in [9.17, 15) is 9.65 Å². The van der Waals surface area contributed by atoms with Gasteiger partial charge in [-0.1, -0.05) is 31.1 Å². The molecule has 4 heterocycles. The molecule has 6 rings (SSSR count). The Balaban J connectivity index is 1.38. The number of rotatable bonds is 5. The normalized spacial score (nSPS) is 16.9. The number of fused-ring (bicyclic) bond motifs is 1. The summed E-state index contributed by atoms with van der Waals surface area (Å²) in [6.07, 6.45) is 8.93. The first-order chi connectivity index (χ1) is 18.4. The standard InChI is InChI=1S/C30H33FN6S/c1-4-24-28(35(3)29-33-27(26(19-32)38-29)21-7-9-22(31)10-8-21)25-18-23(17-20(2)37(25)34-24)36-15-13-30(14-16-36)11-5-6-12-30/h7-10,17-18H,4-6,11-16H2,1-3H3. The second-order valence-electron chi connectivity index (χ2n) is 10.8. The highest BCUT2D eigenvalue weighted by molar-refractivity contribution is 7.16. The molecule has 1 spiro atoms. The molecule has 0 radical (unpaired) electrons. The number of hydrogen-bond acceptors (Lipinski definition) is 6. The van der Waals surface area contributed by atoms with Crippen LogP contribution in [0.3, 0.4) is 0 Å². The maximum absolute atomic E-state index is 13.5. The van der Waals surface area contributed by atoms with Crippen LogP contribution in [0.1, 0.15) is 61.7 Å². The molecule has 3 aromatic heterocycles. The number of benzene rings is 1. The summed E-state index contributed by atoms with van der Waals surface area (Å²) in [5.41, 5.74) is 7.33. The van der Waals surface area contributed by atoms with Crippen molar-refractivity contribution >= 4 is 33.4 Å². The summed E-state index contributed by atoms with van der Waals surface area (Å²) < 4.78 is 15.5. The van der Waals surface area contributed by atoms with Crippen molar-refractivity contribution in [3.63, 3.8) is 0 Å². The molecule has 6 nitrogen and oxygen atoms in total. The van der Waals surface area contributed by atoms with Crippen molar-refractivity contribution in [3.8, 4) is 17.3 Å². The van der Waals surface area contributed by atoms with E-state index in [0.29, 0.717) is 16.0 Å². The molecule has 2 aliphatic rings. The van der Waals surface area contributed by atoms with Crippen LogP contribution in [0.5, 0.6) is 0 Å². The number of nitrogens with zero attached hydrogens (tertiary/aromatic N) is 6. The van der Waals surface area contributed by atoms with Gasteiger partial charge in [-0.25, -0.2) is 13.9 Å². The Bertz CT molecular complexity index is 1510. The van der Waals surface area contributed by atoms with Gasteiger partial charge in [0.15, 0.2) is 5.13 Å². The number of nitriles is 1. The smallest absolute Gasteiger partial charge is 0.191 e. The highest BCUT2D eigenvalue weighted by atomic mass is 32.1. The van der Waals surface area contributed by atoms with E-state index in [4.69, 9.17) is 10.1 Å². The molecular weight excluding hydrogens is 495 g/mol. The number of hydrogen-bond donors (Lipinski definition) is 0. The molecule has 0 atom stereocenters. The van der Waals surface area contributed by atoms with E-state index in [1.54, 1.807) is 12.1 Å². The summed E-state index contributed by atoms with van der Waals surface area (Å²) in [5, 5.41) is 15.5. The second kappa shape index (κ2) is 9.70. The highest BCUT2D eigenvalue weighted by Crippen LogP contribution is 2.47. The van der Waals surface area contributed by atoms with Gasteiger partial charge in [0, 0.05) is 37.1 Å². The minimum Gasteiger partial charge on any atom is -0.371 e. The van der Waals surface area contributed by atoms with Crippen LogP contribution < -0.4 is 9.80 Å². The Morgan fingerprint density at radius 1 is 1.11 bits per heavy atom. The highest BCUT2D eigenvalue weighted by Gasteiger charge is 2.37. The van der Waals surface area contributed by atoms with Crippen molar-refractivity contribution in [2.24, 2.45) is 5.41 Å². The van der Waals surface area contributed by atoms with Gasteiger partial charge in [-0.3, -0.25) is 0 Å². The quantitative estimate of drug-likeness (QED) is 0.273. The van der Waals surface area contributed by atoms with Gasteiger partial charge in [0.1, 0.15) is 22.5 Å². The largest absolute Gasteiger partial charge is 0.371 e. The number of pyridine rings is 1. The lowest BCUT2D eigenvalue weighted by Crippen LogP contribution is -2.38. The molecule has 4 aromatic rings. The maximum atomic E-state index is 13.5. The number of halogens is 1. The fourth-order valence-electron chi connectivity index (χ4n) is 6.40. The molecule has 0 amide bonds. The van der Waals surface area contributed by atoms with Crippen molar-refractivity contribution in [2.45, 2.75) is 58.8 Å². The molecule has 1 aliphatic carbocycles. The van der Waals surface area contributed by atoms with E-state index in [-0.39, 0.29) is 5.82 Å². The van der Waals surface area contributed by atoms with E-state index in [2.05, 4.69) is 41.8 Å². The summed E-state index contributed by atoms with van der Waals surface area (Å²) in [5.74, 6) is -0.308. The number of aryl methyl sites for hydroxylation is 2. The predicted octanol–water partition coefficient (Wildman–Crippen LogP) is 7.27. The fourth-order valence-corrected chi connectivity index (χ4v) is 7.26. The number of aromatic nitrogens is 3. The molecule has 1 saturated heterocycles. The monoisotopic (exact) mass is 528 g/mol. The molecule has 8 heteroatoms. The van der Waals surface area contributed by atoms with E-state index in [0.717, 1.165) is 52.8 Å². The molecule has 1 saturated carbocycles. The van der Waals surface area contributed by atoms with Gasteiger partial charge < -0.3 is 9.80 Å². The van der Waals surface area contributed by atoms with Crippen LogP contribution >= 0.6 is 11.3 Å². The van der Waals surface area contributed by atoms with Crippen LogP contribution in [0.25, 0.3) is 16.8 Å². The Labute approximate surface area is 227 Å². The first-order valence-electron chi connectivity index (χ1n) is 13.6. The van der Waals surface area contributed by atoms with Crippen LogP contribution in [0.4, 0.5) is 20.9 Å². The molecular formula is C30H33FN6S. The summed E-state index contributed by atoms with van der Waals surface area (Å²) >= 11 is 1.35. The first kappa shape index (κ1) is 24.9. The molecule has 2 fully saturated rings. The SMILES string of the molecule is CCc1nn2c(C)cc(N3CCC4(CCCC4)CC3)cc2c1N(C)c1nc(-c2ccc(F)cc2)c(C#N)s1. The minimum atomic E-state index is -0.308. The minimum absolute atomic E-state index is 0.308. The molecule has 0 unspecified atom stereocenters. The number of piperidine rings is 1. The van der Waals surface area contributed by atoms with Gasteiger partial charge in [-0.05, 0) is 80.8 Å². The zero-order chi connectivity index (χ0) is 26.4. The fraction of sp³-hybridized carbons (Fsp3) is 0.433. The Kier molecular flexibility index (Phi) is 6.35. The summed E-state index contributed by atoms with van der Waals surface area (Å²) in [4.78, 5) is 9.97. The zero-order valence-electron chi connectivity index (χ0n) is 22.3. The van der Waals surface area contributed by atoms with Gasteiger partial charge in [-0.2, -0.15) is 10.4 Å². The number of thiazole rings is 1. The van der Waals surface area contributed by atoms with Gasteiger partial charge >= 0.3 is 0 Å². The molecule has 0 bridgehead atoms. The Hall–Kier alpha value is -3.44. The van der Waals surface area contributed by atoms with Crippen LogP contribution in [-0.2, 0) is 6.42 Å². The molecule has 38 heavy (non-hydrogen) atoms. The van der Waals surface area contributed by atoms with Crippen molar-refractivity contribution in [1.82, 2.24) is 14.6 Å². The first-order valence-corrected chi connectivity index (χ1v) is 14.4. The lowest BCUT2D eigenvalue weighted by atomic mass is 9.77. The van der Waals surface area contributed by atoms with Gasteiger partial charge in [0.2, 0.25) is 0 Å². The summed E-state index contributed by atoms with van der Waals surface area (Å²) in [6.45, 7) is 6.45. The molecule has 1 aromatic carbocycles. The van der Waals surface area contributed by atoms with Gasteiger partial charge in [0.25, 0.3) is 0 Å². The predicted molar refractivity (Wildman–Crippen MR) is 152 cm³/mol. The second-order valence-corrected chi connectivity index (χ2v) is 11.8. The molecule has 1 aliphatic heterocycles. The lowest BCUT2D eigenvalue weighted by molar-refractivity contribution is 0.226. The van der Waals surface area contributed by atoms with E-state index < -0.39 is 0 Å². The Morgan fingerprint density at radius 3 is 2.47 bits per heavy atom. The molecule has 0 N–H and O–H groups in total. The van der Waals surface area contributed by atoms with E-state index in [1.165, 1.54) is 67.7 Å². The summed E-state index contributed by atoms with van der Waals surface area (Å²) in [7, 11) is 2.00. The maximum Gasteiger partial charge on any atom is 0.191 e.